The van der Waals surface area contributed by atoms with Crippen LogP contribution in [0.3, 0.4) is 0 Å². The van der Waals surface area contributed by atoms with E-state index < -0.39 is 116 Å². The molecule has 0 bridgehead atoms. The van der Waals surface area contributed by atoms with E-state index in [1.165, 1.54) is 67.1 Å². The van der Waals surface area contributed by atoms with E-state index in [1.807, 2.05) is 19.1 Å². The molecule has 0 heterocycles. The fourth-order valence-electron chi connectivity index (χ4n) is 16.5. The molecule has 0 aliphatic heterocycles. The molecule has 5 atom stereocenters. The predicted molar refractivity (Wildman–Crippen MR) is 455 cm³/mol. The number of hydrogen-bond acceptors (Lipinski definition) is 0. The maximum Gasteiger partial charge on any atom is 0.160 e. The molecule has 0 amide bonds. The Bertz CT molecular complexity index is 6150. The van der Waals surface area contributed by atoms with Crippen molar-refractivity contribution in [3.05, 3.63) is 386 Å². The molecule has 0 nitrogen and oxygen atoms in total. The molecule has 0 fully saturated rings. The molecule has 10 aromatic carbocycles. The Morgan fingerprint density at radius 1 is 0.283 bits per heavy atom. The van der Waals surface area contributed by atoms with Crippen molar-refractivity contribution in [2.24, 2.45) is 29.6 Å². The van der Waals surface area contributed by atoms with Crippen LogP contribution in [0.2, 0.25) is 0 Å². The van der Waals surface area contributed by atoms with Gasteiger partial charge in [-0.15, -0.1) is 13.2 Å². The second kappa shape index (κ2) is 44.8. The molecule has 5 unspecified atom stereocenters. The van der Waals surface area contributed by atoms with Crippen molar-refractivity contribution >= 4 is 0 Å². The molecule has 0 aromatic heterocycles. The van der Waals surface area contributed by atoms with Gasteiger partial charge in [-0.05, 0) is 323 Å². The van der Waals surface area contributed by atoms with Gasteiger partial charge in [0.05, 0.1) is 27.8 Å². The highest BCUT2D eigenvalue weighted by Gasteiger charge is 2.31. The summed E-state index contributed by atoms with van der Waals surface area (Å²) in [5.41, 5.74) is 5.21. The van der Waals surface area contributed by atoms with E-state index in [-0.39, 0.29) is 67.5 Å². The first-order valence-electron chi connectivity index (χ1n) is 42.2. The number of allylic oxidation sites excluding steroid dienone is 4. The van der Waals surface area contributed by atoms with Crippen LogP contribution in [0.1, 0.15) is 216 Å². The molecule has 5 aliphatic carbocycles. The molecule has 5 aliphatic rings. The molecule has 0 N–H and O–H groups in total. The largest absolute Gasteiger partial charge is 0.206 e. The molecule has 0 radical (unpaired) electrons. The van der Waals surface area contributed by atoms with Gasteiger partial charge < -0.3 is 0 Å². The van der Waals surface area contributed by atoms with Crippen molar-refractivity contribution in [2.45, 2.75) is 168 Å². The zero-order valence-corrected chi connectivity index (χ0v) is 70.0. The fraction of sp³-hybridized carbons (Fsp3) is 0.290. The Morgan fingerprint density at radius 3 is 0.819 bits per heavy atom. The van der Waals surface area contributed by atoms with Gasteiger partial charge in [-0.25, -0.2) is 87.8 Å². The molecule has 0 saturated carbocycles. The quantitative estimate of drug-likeness (QED) is 0.0524. The third-order valence-corrected chi connectivity index (χ3v) is 23.2. The predicted octanol–water partition coefficient (Wildman–Crippen LogP) is 27.8. The third kappa shape index (κ3) is 24.7. The van der Waals surface area contributed by atoms with Crippen molar-refractivity contribution in [1.29, 1.82) is 0 Å². The molecule has 10 aromatic rings. The van der Waals surface area contributed by atoms with Gasteiger partial charge in [-0.1, -0.05) is 136 Å². The second-order valence-electron chi connectivity index (χ2n) is 32.1. The summed E-state index contributed by atoms with van der Waals surface area (Å²) in [6.07, 6.45) is 26.3. The Hall–Kier alpha value is -12.2. The summed E-state index contributed by atoms with van der Waals surface area (Å²) < 4.78 is 276. The number of halogens is 20. The van der Waals surface area contributed by atoms with Gasteiger partial charge in [0.2, 0.25) is 0 Å². The topological polar surface area (TPSA) is 0 Å². The molecular weight excluding hydrogens is 1670 g/mol. The minimum Gasteiger partial charge on any atom is -0.206 e. The molecule has 0 spiro atoms. The Kier molecular flexibility index (Phi) is 33.7. The molecule has 0 saturated heterocycles. The van der Waals surface area contributed by atoms with Gasteiger partial charge in [-0.2, -0.15) is 0 Å². The SMILES string of the molecule is C/C=C/C1CCc2c(cc(F)c(C#Cc3ccc(F)c(F)c3)c2F)C1.C=CC1CCc2c(cc(F)c(C#Cc3ccc(F)c(F)c3)c2F)C1.C=CCCC1CCc2c(cc(F)c(C#Cc3ccc(F)c(F)c3)c2F)C1.CCCC1CCc2c(cc(F)c(C#Cc3ccc(F)c(F)c3)c2F)C1.CCCCCC1CCc2c(cc(F)c(C#Cc3ccc(F)c(F)c3)c2F)C1. The van der Waals surface area contributed by atoms with Crippen molar-refractivity contribution in [2.75, 3.05) is 0 Å². The minimum absolute atomic E-state index is 0.150. The van der Waals surface area contributed by atoms with Gasteiger partial charge in [-0.3, -0.25) is 0 Å². The van der Waals surface area contributed by atoms with Crippen LogP contribution in [0.15, 0.2) is 159 Å². The smallest absolute Gasteiger partial charge is 0.160 e. The van der Waals surface area contributed by atoms with Crippen LogP contribution in [0.25, 0.3) is 0 Å². The third-order valence-electron chi connectivity index (χ3n) is 23.2. The lowest BCUT2D eigenvalue weighted by atomic mass is 9.80. The lowest BCUT2D eigenvalue weighted by Crippen LogP contribution is -2.17. The van der Waals surface area contributed by atoms with Crippen molar-refractivity contribution in [1.82, 2.24) is 0 Å². The second-order valence-corrected chi connectivity index (χ2v) is 32.1. The maximum atomic E-state index is 14.8. The highest BCUT2D eigenvalue weighted by Crippen LogP contribution is 2.39. The summed E-state index contributed by atoms with van der Waals surface area (Å²) in [4.78, 5) is 0. The molecular formula is C107H88F20. The van der Waals surface area contributed by atoms with Gasteiger partial charge in [0, 0.05) is 27.8 Å². The first-order valence-corrected chi connectivity index (χ1v) is 42.2. The number of hydrogen-bond donors (Lipinski definition) is 0. The first kappa shape index (κ1) is 95.5. The zero-order chi connectivity index (χ0) is 91.3. The van der Waals surface area contributed by atoms with Crippen LogP contribution >= 0.6 is 0 Å². The highest BCUT2D eigenvalue weighted by molar-refractivity contribution is 5.55. The Morgan fingerprint density at radius 2 is 0.551 bits per heavy atom. The number of benzene rings is 10. The van der Waals surface area contributed by atoms with E-state index in [1.54, 1.807) is 6.08 Å². The van der Waals surface area contributed by atoms with Crippen LogP contribution in [0.5, 0.6) is 0 Å². The monoisotopic (exact) mass is 1750 g/mol. The lowest BCUT2D eigenvalue weighted by molar-refractivity contribution is 0.399. The van der Waals surface area contributed by atoms with Gasteiger partial charge in [0.1, 0.15) is 58.2 Å². The van der Waals surface area contributed by atoms with Crippen molar-refractivity contribution < 1.29 is 87.8 Å². The fourth-order valence-corrected chi connectivity index (χ4v) is 16.5. The zero-order valence-electron chi connectivity index (χ0n) is 70.0. The maximum absolute atomic E-state index is 14.8. The number of unbranched alkanes of at least 4 members (excludes halogenated alkanes) is 2. The summed E-state index contributed by atoms with van der Waals surface area (Å²) in [6.45, 7) is 13.6. The van der Waals surface area contributed by atoms with Gasteiger partial charge in [0.15, 0.2) is 58.2 Å². The molecule has 127 heavy (non-hydrogen) atoms. The van der Waals surface area contributed by atoms with E-state index in [4.69, 9.17) is 0 Å². The lowest BCUT2D eigenvalue weighted by Gasteiger charge is -2.25. The Balaban J connectivity index is 0.000000154. The van der Waals surface area contributed by atoms with Gasteiger partial charge >= 0.3 is 0 Å². The van der Waals surface area contributed by atoms with Crippen LogP contribution < -0.4 is 0 Å². The minimum atomic E-state index is -1.05. The number of fused-ring (bicyclic) bond motifs is 5. The average Bonchev–Trinajstić information content (AvgIpc) is 0.805. The Labute approximate surface area is 727 Å². The van der Waals surface area contributed by atoms with Crippen LogP contribution in [0.4, 0.5) is 87.8 Å². The molecule has 15 rings (SSSR count). The van der Waals surface area contributed by atoms with Crippen LogP contribution in [0, 0.1) is 205 Å². The summed E-state index contributed by atoms with van der Waals surface area (Å²) in [5.74, 6) is 9.57. The number of rotatable bonds is 11. The molecule has 20 heteroatoms. The summed E-state index contributed by atoms with van der Waals surface area (Å²) >= 11 is 0. The average molecular weight is 1750 g/mol. The van der Waals surface area contributed by atoms with Crippen LogP contribution in [-0.4, -0.2) is 0 Å². The summed E-state index contributed by atoms with van der Waals surface area (Å²) in [7, 11) is 0. The standard InChI is InChI=1S/C23H22F4.C22H18F4.C21H18F4.C21H16F4.C20H14F4/c1-2-3-4-5-15-6-9-18-17(12-15)14-21(25)19(23(18)27)10-7-16-8-11-20(24)22(26)13-16;1-2-3-4-14-5-8-17-16(11-14)13-20(24)18(22(17)26)9-6-15-7-10-19(23)21(25)12-15;2*1-2-3-13-4-7-16-15(10-13)12-19(23)17(21(16)25)8-5-14-6-9-18(22)20(24)11-14;1-2-12-3-6-15-14(9-12)11-18(22)16(20(15)24)7-4-13-5-8-17(21)19(23)10-13/h8,11,13-15H,2-6,9,12H2,1H3;2,7,10,12-14H,1,3-5,8,11H2;6,9,11-13H,2-4,7,10H2,1H3;2-3,6,9,11-13H,4,7,10H2,1H3;2,5,8,10-12H,1,3,6,9H2/b;;;3-2+;. The molecule has 656 valence electrons. The van der Waals surface area contributed by atoms with Crippen molar-refractivity contribution in [3.8, 4) is 59.2 Å². The van der Waals surface area contributed by atoms with Crippen LogP contribution in [-0.2, 0) is 64.2 Å². The first-order chi connectivity index (χ1) is 61.0. The van der Waals surface area contributed by atoms with E-state index in [9.17, 15) is 87.8 Å². The van der Waals surface area contributed by atoms with E-state index in [0.29, 0.717) is 126 Å². The normalized spacial score (nSPS) is 16.0. The van der Waals surface area contributed by atoms with Crippen molar-refractivity contribution in [3.63, 3.8) is 0 Å². The van der Waals surface area contributed by atoms with E-state index in [2.05, 4.69) is 92.3 Å². The highest BCUT2D eigenvalue weighted by atomic mass is 19.2. The van der Waals surface area contributed by atoms with E-state index in [0.717, 1.165) is 149 Å². The van der Waals surface area contributed by atoms with Gasteiger partial charge in [0.25, 0.3) is 0 Å². The summed E-state index contributed by atoms with van der Waals surface area (Å²) in [5, 5.41) is 0. The summed E-state index contributed by atoms with van der Waals surface area (Å²) in [6, 6.07) is 22.3. The van der Waals surface area contributed by atoms with E-state index >= 15 is 0 Å².